The number of aromatic amines is 1. The van der Waals surface area contributed by atoms with Crippen molar-refractivity contribution in [1.82, 2.24) is 4.98 Å². The van der Waals surface area contributed by atoms with Crippen molar-refractivity contribution in [1.29, 1.82) is 0 Å². The zero-order chi connectivity index (χ0) is 12.2. The first-order chi connectivity index (χ1) is 8.09. The molecule has 17 heavy (non-hydrogen) atoms. The summed E-state index contributed by atoms with van der Waals surface area (Å²) in [6.45, 7) is 2.77. The van der Waals surface area contributed by atoms with Crippen molar-refractivity contribution in [3.63, 3.8) is 0 Å². The van der Waals surface area contributed by atoms with Gasteiger partial charge in [-0.15, -0.1) is 0 Å². The van der Waals surface area contributed by atoms with Crippen LogP contribution in [0.2, 0.25) is 0 Å². The third-order valence-electron chi connectivity index (χ3n) is 3.56. The number of hydrogen-bond acceptors (Lipinski definition) is 2. The van der Waals surface area contributed by atoms with Crippen molar-refractivity contribution >= 4 is 22.6 Å². The maximum atomic E-state index is 11.3. The van der Waals surface area contributed by atoms with Crippen LogP contribution in [0.5, 0.6) is 0 Å². The molecule has 4 heteroatoms. The first kappa shape index (κ1) is 10.2. The average molecular weight is 230 g/mol. The van der Waals surface area contributed by atoms with Crippen LogP contribution in [0.3, 0.4) is 0 Å². The molecule has 2 aromatic rings. The van der Waals surface area contributed by atoms with E-state index in [0.29, 0.717) is 5.56 Å². The molecule has 1 aromatic carbocycles. The zero-order valence-electron chi connectivity index (χ0n) is 9.87. The number of aromatic nitrogens is 1. The number of rotatable bonds is 1. The van der Waals surface area contributed by atoms with Crippen molar-refractivity contribution in [2.75, 3.05) is 18.5 Å². The van der Waals surface area contributed by atoms with Gasteiger partial charge < -0.3 is 15.0 Å². The summed E-state index contributed by atoms with van der Waals surface area (Å²) in [5.41, 5.74) is 4.39. The standard InChI is InChI=1S/C13H14N2O2/c1-7-11(13(16)17)12-8-5-6-15(2)10(8)4-3-9(12)14-7/h3-4,14H,5-6H2,1-2H3,(H,16,17). The summed E-state index contributed by atoms with van der Waals surface area (Å²) in [5, 5.41) is 10.2. The highest BCUT2D eigenvalue weighted by Gasteiger charge is 2.24. The maximum absolute atomic E-state index is 11.3. The number of carbonyl (C=O) groups is 1. The first-order valence-corrected chi connectivity index (χ1v) is 5.68. The van der Waals surface area contributed by atoms with Crippen LogP contribution in [0.15, 0.2) is 12.1 Å². The van der Waals surface area contributed by atoms with E-state index in [-0.39, 0.29) is 0 Å². The Morgan fingerprint density at radius 3 is 2.94 bits per heavy atom. The minimum absolute atomic E-state index is 0.423. The van der Waals surface area contributed by atoms with E-state index >= 15 is 0 Å². The fourth-order valence-electron chi connectivity index (χ4n) is 2.76. The van der Waals surface area contributed by atoms with Crippen LogP contribution in [0, 0.1) is 6.92 Å². The highest BCUT2D eigenvalue weighted by molar-refractivity contribution is 6.07. The summed E-state index contributed by atoms with van der Waals surface area (Å²) in [7, 11) is 2.04. The van der Waals surface area contributed by atoms with Gasteiger partial charge in [0, 0.05) is 35.9 Å². The molecule has 0 amide bonds. The monoisotopic (exact) mass is 230 g/mol. The van der Waals surface area contributed by atoms with Crippen LogP contribution < -0.4 is 4.90 Å². The van der Waals surface area contributed by atoms with Crippen LogP contribution in [0.1, 0.15) is 21.6 Å². The van der Waals surface area contributed by atoms with Gasteiger partial charge in [0.25, 0.3) is 0 Å². The van der Waals surface area contributed by atoms with Gasteiger partial charge in [-0.2, -0.15) is 0 Å². The number of likely N-dealkylation sites (N-methyl/N-ethyl adjacent to an activating group) is 1. The highest BCUT2D eigenvalue weighted by Crippen LogP contribution is 2.36. The molecule has 0 saturated carbocycles. The molecule has 0 bridgehead atoms. The number of H-pyrrole nitrogens is 1. The van der Waals surface area contributed by atoms with Gasteiger partial charge >= 0.3 is 5.97 Å². The predicted molar refractivity (Wildman–Crippen MR) is 67.0 cm³/mol. The van der Waals surface area contributed by atoms with Crippen LogP contribution in [0.25, 0.3) is 10.9 Å². The first-order valence-electron chi connectivity index (χ1n) is 5.68. The van der Waals surface area contributed by atoms with Crippen LogP contribution in [-0.2, 0) is 6.42 Å². The Labute approximate surface area is 98.9 Å². The van der Waals surface area contributed by atoms with Gasteiger partial charge in [0.05, 0.1) is 5.56 Å². The lowest BCUT2D eigenvalue weighted by atomic mass is 10.0. The van der Waals surface area contributed by atoms with E-state index < -0.39 is 5.97 Å². The molecule has 0 aliphatic carbocycles. The summed E-state index contributed by atoms with van der Waals surface area (Å²) in [6, 6.07) is 4.03. The number of benzene rings is 1. The van der Waals surface area contributed by atoms with E-state index in [1.807, 2.05) is 20.0 Å². The zero-order valence-corrected chi connectivity index (χ0v) is 9.87. The second-order valence-electron chi connectivity index (χ2n) is 4.59. The number of aromatic carboxylic acids is 1. The average Bonchev–Trinajstić information content (AvgIpc) is 2.78. The Hall–Kier alpha value is -1.97. The van der Waals surface area contributed by atoms with Gasteiger partial charge in [-0.25, -0.2) is 4.79 Å². The molecule has 0 unspecified atom stereocenters. The van der Waals surface area contributed by atoms with E-state index in [9.17, 15) is 9.90 Å². The van der Waals surface area contributed by atoms with Gasteiger partial charge in [0.2, 0.25) is 0 Å². The highest BCUT2D eigenvalue weighted by atomic mass is 16.4. The van der Waals surface area contributed by atoms with E-state index in [1.165, 1.54) is 0 Å². The number of fused-ring (bicyclic) bond motifs is 3. The molecule has 3 rings (SSSR count). The van der Waals surface area contributed by atoms with E-state index in [0.717, 1.165) is 40.8 Å². The van der Waals surface area contributed by atoms with Gasteiger partial charge in [0.15, 0.2) is 0 Å². The van der Waals surface area contributed by atoms with Gasteiger partial charge in [0.1, 0.15) is 0 Å². The Kier molecular flexibility index (Phi) is 1.96. The van der Waals surface area contributed by atoms with Crippen LogP contribution in [0.4, 0.5) is 5.69 Å². The van der Waals surface area contributed by atoms with E-state index in [2.05, 4.69) is 16.0 Å². The summed E-state index contributed by atoms with van der Waals surface area (Å²) >= 11 is 0. The topological polar surface area (TPSA) is 56.3 Å². The van der Waals surface area contributed by atoms with Gasteiger partial charge in [-0.3, -0.25) is 0 Å². The summed E-state index contributed by atoms with van der Waals surface area (Å²) in [6.07, 6.45) is 0.917. The van der Waals surface area contributed by atoms with Crippen molar-refractivity contribution in [3.05, 3.63) is 29.0 Å². The lowest BCUT2D eigenvalue weighted by molar-refractivity contribution is 0.0698. The molecule has 4 nitrogen and oxygen atoms in total. The van der Waals surface area contributed by atoms with Crippen molar-refractivity contribution in [2.45, 2.75) is 13.3 Å². The number of anilines is 1. The number of nitrogens with zero attached hydrogens (tertiary/aromatic N) is 1. The third-order valence-corrected chi connectivity index (χ3v) is 3.56. The molecule has 1 aliphatic rings. The minimum atomic E-state index is -0.850. The molecule has 88 valence electrons. The van der Waals surface area contributed by atoms with Gasteiger partial charge in [-0.05, 0) is 31.0 Å². The fraction of sp³-hybridized carbons (Fsp3) is 0.308. The second kappa shape index (κ2) is 3.26. The van der Waals surface area contributed by atoms with Crippen molar-refractivity contribution in [2.24, 2.45) is 0 Å². The second-order valence-corrected chi connectivity index (χ2v) is 4.59. The van der Waals surface area contributed by atoms with Gasteiger partial charge in [-0.1, -0.05) is 0 Å². The molecule has 1 aliphatic heterocycles. The number of carboxylic acids is 1. The smallest absolute Gasteiger partial charge is 0.338 e. The molecule has 0 saturated heterocycles. The third kappa shape index (κ3) is 1.27. The molecule has 0 fully saturated rings. The Morgan fingerprint density at radius 2 is 2.24 bits per heavy atom. The Bertz CT molecular complexity index is 628. The normalized spacial score (nSPS) is 14.4. The molecule has 1 aromatic heterocycles. The lowest BCUT2D eigenvalue weighted by Gasteiger charge is -2.11. The molecule has 0 atom stereocenters. The number of aryl methyl sites for hydroxylation is 1. The number of nitrogens with one attached hydrogen (secondary N) is 1. The molecular formula is C13H14N2O2. The van der Waals surface area contributed by atoms with Crippen LogP contribution in [-0.4, -0.2) is 29.7 Å². The minimum Gasteiger partial charge on any atom is -0.478 e. The van der Waals surface area contributed by atoms with Crippen molar-refractivity contribution in [3.8, 4) is 0 Å². The largest absolute Gasteiger partial charge is 0.478 e. The SMILES string of the molecule is Cc1[nH]c2ccc3c(c2c1C(=O)O)CCN3C. The molecular weight excluding hydrogens is 216 g/mol. The summed E-state index contributed by atoms with van der Waals surface area (Å²) < 4.78 is 0. The fourth-order valence-corrected chi connectivity index (χ4v) is 2.76. The molecule has 0 spiro atoms. The maximum Gasteiger partial charge on any atom is 0.338 e. The van der Waals surface area contributed by atoms with Crippen LogP contribution >= 0.6 is 0 Å². The quantitative estimate of drug-likeness (QED) is 0.789. The molecule has 2 N–H and O–H groups in total. The lowest BCUT2D eigenvalue weighted by Crippen LogP contribution is -2.12. The number of hydrogen-bond donors (Lipinski definition) is 2. The van der Waals surface area contributed by atoms with Crippen molar-refractivity contribution < 1.29 is 9.90 Å². The predicted octanol–water partition coefficient (Wildman–Crippen LogP) is 2.17. The van der Waals surface area contributed by atoms with E-state index in [1.54, 1.807) is 0 Å². The molecule has 0 radical (unpaired) electrons. The van der Waals surface area contributed by atoms with E-state index in [4.69, 9.17) is 0 Å². The summed E-state index contributed by atoms with van der Waals surface area (Å²) in [4.78, 5) is 16.7. The number of carboxylic acid groups (broad SMARTS) is 1. The molecule has 2 heterocycles. The summed E-state index contributed by atoms with van der Waals surface area (Å²) in [5.74, 6) is -0.850. The Morgan fingerprint density at radius 1 is 1.47 bits per heavy atom. The Balaban J connectivity index is 2.42.